The normalized spacial score (nSPS) is 21.3. The highest BCUT2D eigenvalue weighted by atomic mass is 32.2. The van der Waals surface area contributed by atoms with Gasteiger partial charge in [0, 0.05) is 28.8 Å². The Hall–Kier alpha value is -1.99. The van der Waals surface area contributed by atoms with Crippen molar-refractivity contribution in [2.45, 2.75) is 11.8 Å². The van der Waals surface area contributed by atoms with Crippen molar-refractivity contribution in [3.05, 3.63) is 40.2 Å². The smallest absolute Gasteiger partial charge is 0.336 e. The van der Waals surface area contributed by atoms with Gasteiger partial charge in [0.15, 0.2) is 5.25 Å². The Morgan fingerprint density at radius 3 is 3.09 bits per heavy atom. The maximum atomic E-state index is 11.7. The summed E-state index contributed by atoms with van der Waals surface area (Å²) in [4.78, 5) is 24.7. The summed E-state index contributed by atoms with van der Waals surface area (Å²) in [6.45, 7) is 2.20. The van der Waals surface area contributed by atoms with Gasteiger partial charge < -0.3 is 19.2 Å². The van der Waals surface area contributed by atoms with E-state index in [4.69, 9.17) is 9.15 Å². The highest BCUT2D eigenvalue weighted by Gasteiger charge is 2.30. The van der Waals surface area contributed by atoms with Gasteiger partial charge in [-0.2, -0.15) is 0 Å². The van der Waals surface area contributed by atoms with Crippen LogP contribution < -0.4 is 10.5 Å². The number of quaternary nitrogens is 1. The van der Waals surface area contributed by atoms with Crippen LogP contribution in [0, 0.1) is 0 Å². The summed E-state index contributed by atoms with van der Waals surface area (Å²) >= 11 is 1.61. The highest BCUT2D eigenvalue weighted by Crippen LogP contribution is 2.21. The average molecular weight is 336 g/mol. The van der Waals surface area contributed by atoms with Gasteiger partial charge in [0.25, 0.3) is 0 Å². The number of esters is 1. The Balaban J connectivity index is 1.86. The van der Waals surface area contributed by atoms with Crippen LogP contribution in [0.2, 0.25) is 0 Å². The van der Waals surface area contributed by atoms with Crippen LogP contribution in [0.15, 0.2) is 33.5 Å². The number of carbonyl (C=O) groups is 1. The van der Waals surface area contributed by atoms with Crippen LogP contribution in [0.3, 0.4) is 0 Å². The van der Waals surface area contributed by atoms with Crippen LogP contribution in [-0.4, -0.2) is 42.3 Å². The largest absolute Gasteiger partial charge is 0.508 e. The van der Waals surface area contributed by atoms with Gasteiger partial charge in [-0.25, -0.2) is 4.79 Å². The number of fused-ring (bicyclic) bond motifs is 1. The summed E-state index contributed by atoms with van der Waals surface area (Å²) in [7, 11) is 1.40. The van der Waals surface area contributed by atoms with Gasteiger partial charge >= 0.3 is 11.6 Å². The van der Waals surface area contributed by atoms with Crippen LogP contribution in [-0.2, 0) is 16.1 Å². The van der Waals surface area contributed by atoms with E-state index in [9.17, 15) is 14.7 Å². The zero-order valence-electron chi connectivity index (χ0n) is 12.7. The van der Waals surface area contributed by atoms with E-state index in [1.165, 1.54) is 24.1 Å². The number of benzene rings is 1. The molecule has 122 valence electrons. The Morgan fingerprint density at radius 2 is 2.30 bits per heavy atom. The Morgan fingerprint density at radius 1 is 1.48 bits per heavy atom. The Labute approximate surface area is 137 Å². The molecule has 0 aliphatic carbocycles. The van der Waals surface area contributed by atoms with Crippen molar-refractivity contribution < 1.29 is 24.0 Å². The molecule has 2 heterocycles. The average Bonchev–Trinajstić information content (AvgIpc) is 2.53. The molecule has 3 rings (SSSR count). The minimum Gasteiger partial charge on any atom is -0.508 e. The summed E-state index contributed by atoms with van der Waals surface area (Å²) in [5.74, 6) is 0.731. The minimum atomic E-state index is -0.437. The molecule has 7 heteroatoms. The zero-order valence-corrected chi connectivity index (χ0v) is 13.5. The van der Waals surface area contributed by atoms with Crippen LogP contribution in [0.5, 0.6) is 5.75 Å². The number of hydrogen-bond donors (Lipinski definition) is 2. The first-order valence-electron chi connectivity index (χ1n) is 7.35. The number of methoxy groups -OCH3 is 1. The second-order valence-electron chi connectivity index (χ2n) is 5.53. The van der Waals surface area contributed by atoms with E-state index in [1.807, 2.05) is 0 Å². The van der Waals surface area contributed by atoms with Crippen LogP contribution in [0.1, 0.15) is 5.56 Å². The fraction of sp³-hybridized carbons (Fsp3) is 0.375. The minimum absolute atomic E-state index is 0.0604. The first kappa shape index (κ1) is 15.9. The third-order valence-corrected chi connectivity index (χ3v) is 5.17. The number of rotatable bonds is 3. The lowest BCUT2D eigenvalue weighted by Gasteiger charge is -2.28. The van der Waals surface area contributed by atoms with Gasteiger partial charge in [-0.15, -0.1) is 11.8 Å². The van der Waals surface area contributed by atoms with Gasteiger partial charge in [-0.1, -0.05) is 0 Å². The van der Waals surface area contributed by atoms with Gasteiger partial charge in [-0.3, -0.25) is 4.79 Å². The monoisotopic (exact) mass is 336 g/mol. The molecule has 0 saturated carbocycles. The summed E-state index contributed by atoms with van der Waals surface area (Å²) in [6.07, 6.45) is 0. The first-order valence-corrected chi connectivity index (χ1v) is 8.40. The number of carbonyl (C=O) groups excluding carboxylic acids is 1. The number of nitrogens with one attached hydrogen (secondary N) is 1. The lowest BCUT2D eigenvalue weighted by molar-refractivity contribution is -0.911. The molecular formula is C16H18NO5S+. The van der Waals surface area contributed by atoms with E-state index < -0.39 is 5.63 Å². The van der Waals surface area contributed by atoms with E-state index in [2.05, 4.69) is 0 Å². The van der Waals surface area contributed by atoms with Crippen molar-refractivity contribution in [1.82, 2.24) is 0 Å². The van der Waals surface area contributed by atoms with Gasteiger partial charge in [-0.05, 0) is 12.1 Å². The van der Waals surface area contributed by atoms with Gasteiger partial charge in [0.1, 0.15) is 24.4 Å². The van der Waals surface area contributed by atoms with Crippen molar-refractivity contribution in [2.75, 3.05) is 26.0 Å². The van der Waals surface area contributed by atoms with Crippen LogP contribution in [0.4, 0.5) is 0 Å². The molecule has 1 aliphatic heterocycles. The van der Waals surface area contributed by atoms with Crippen LogP contribution in [0.25, 0.3) is 11.0 Å². The first-order chi connectivity index (χ1) is 11.1. The fourth-order valence-electron chi connectivity index (χ4n) is 2.85. The predicted octanol–water partition coefficient (Wildman–Crippen LogP) is 0.172. The standard InChI is InChI=1S/C16H17NO5S/c1-21-16(20)14-9-17(4-5-23-14)8-10-6-15(19)22-13-7-11(18)2-3-12(10)13/h2-3,6-7,14,18H,4-5,8-9H2,1H3/p+1/t14-/m0/s1. The summed E-state index contributed by atoms with van der Waals surface area (Å²) < 4.78 is 9.97. The molecule has 1 saturated heterocycles. The van der Waals surface area contributed by atoms with E-state index >= 15 is 0 Å². The Bertz CT molecular complexity index is 788. The van der Waals surface area contributed by atoms with E-state index in [-0.39, 0.29) is 17.0 Å². The molecule has 1 fully saturated rings. The van der Waals surface area contributed by atoms with Crippen molar-refractivity contribution >= 4 is 28.7 Å². The van der Waals surface area contributed by atoms with Gasteiger partial charge in [0.2, 0.25) is 0 Å². The maximum Gasteiger partial charge on any atom is 0.336 e. The quantitative estimate of drug-likeness (QED) is 0.614. The number of thioether (sulfide) groups is 1. The lowest BCUT2D eigenvalue weighted by Crippen LogP contribution is -3.13. The molecule has 23 heavy (non-hydrogen) atoms. The third kappa shape index (κ3) is 3.51. The molecule has 6 nitrogen and oxygen atoms in total. The number of ether oxygens (including phenoxy) is 1. The molecule has 0 amide bonds. The van der Waals surface area contributed by atoms with Gasteiger partial charge in [0.05, 0.1) is 13.7 Å². The molecule has 0 bridgehead atoms. The van der Waals surface area contributed by atoms with E-state index in [0.717, 1.165) is 23.2 Å². The number of phenols is 1. The molecule has 2 aromatic rings. The third-order valence-electron chi connectivity index (χ3n) is 3.97. The summed E-state index contributed by atoms with van der Waals surface area (Å²) in [5.41, 5.74) is 0.804. The maximum absolute atomic E-state index is 11.7. The van der Waals surface area contributed by atoms with Crippen molar-refractivity contribution in [3.63, 3.8) is 0 Å². The highest BCUT2D eigenvalue weighted by molar-refractivity contribution is 8.00. The number of hydrogen-bond acceptors (Lipinski definition) is 6. The molecule has 0 radical (unpaired) electrons. The second-order valence-corrected chi connectivity index (χ2v) is 6.85. The molecule has 2 atom stereocenters. The SMILES string of the molecule is COC(=O)[C@@H]1C[NH+](Cc2cc(=O)oc3cc(O)ccc23)CCS1. The topological polar surface area (TPSA) is 81.2 Å². The van der Waals surface area contributed by atoms with Crippen molar-refractivity contribution in [1.29, 1.82) is 0 Å². The van der Waals surface area contributed by atoms with E-state index in [0.29, 0.717) is 18.7 Å². The molecule has 2 N–H and O–H groups in total. The molecule has 1 unspecified atom stereocenters. The molecule has 1 aliphatic rings. The molecule has 0 spiro atoms. The Kier molecular flexibility index (Phi) is 4.58. The number of aromatic hydroxyl groups is 1. The molecule has 1 aromatic carbocycles. The van der Waals surface area contributed by atoms with E-state index in [1.54, 1.807) is 23.9 Å². The summed E-state index contributed by atoms with van der Waals surface area (Å²) in [5, 5.41) is 10.2. The summed E-state index contributed by atoms with van der Waals surface area (Å²) in [6, 6.07) is 6.25. The fourth-order valence-corrected chi connectivity index (χ4v) is 4.12. The van der Waals surface area contributed by atoms with Crippen molar-refractivity contribution in [3.8, 4) is 5.75 Å². The second kappa shape index (κ2) is 6.64. The predicted molar refractivity (Wildman–Crippen MR) is 86.8 cm³/mol. The van der Waals surface area contributed by atoms with Crippen LogP contribution >= 0.6 is 11.8 Å². The molecule has 1 aromatic heterocycles. The number of phenolic OH excluding ortho intramolecular Hbond substituents is 1. The van der Waals surface area contributed by atoms with Crippen molar-refractivity contribution in [2.24, 2.45) is 0 Å². The lowest BCUT2D eigenvalue weighted by atomic mass is 10.1. The molecular weight excluding hydrogens is 318 g/mol. The zero-order chi connectivity index (χ0) is 16.4.